The standard InChI is InChI=1S/C11H17ClN2O3S2/c1-8(18(2)15)5-6-14-19(16,17)11-4-3-9(12)7-10(11)13/h3-4,7-8,14H,5-6,13H2,1-2H3. The molecule has 0 aliphatic rings. The molecule has 0 aliphatic carbocycles. The molecule has 0 radical (unpaired) electrons. The Bertz CT molecular complexity index is 575. The van der Waals surface area contributed by atoms with Crippen LogP contribution >= 0.6 is 11.6 Å². The van der Waals surface area contributed by atoms with Gasteiger partial charge in [-0.3, -0.25) is 4.21 Å². The topological polar surface area (TPSA) is 89.3 Å². The van der Waals surface area contributed by atoms with Gasteiger partial charge in [0.1, 0.15) is 4.90 Å². The Morgan fingerprint density at radius 2 is 2.11 bits per heavy atom. The third kappa shape index (κ3) is 4.76. The lowest BCUT2D eigenvalue weighted by Crippen LogP contribution is -2.28. The van der Waals surface area contributed by atoms with E-state index in [2.05, 4.69) is 4.72 Å². The van der Waals surface area contributed by atoms with Gasteiger partial charge in [-0.15, -0.1) is 0 Å². The third-order valence-corrected chi connectivity index (χ3v) is 5.81. The Balaban J connectivity index is 2.74. The first-order chi connectivity index (χ1) is 8.74. The maximum absolute atomic E-state index is 12.0. The van der Waals surface area contributed by atoms with Crippen LogP contribution in [0.1, 0.15) is 13.3 Å². The van der Waals surface area contributed by atoms with Gasteiger partial charge in [0.25, 0.3) is 0 Å². The Kier molecular flexibility index (Phi) is 5.79. The number of halogens is 1. The molecule has 0 heterocycles. The van der Waals surface area contributed by atoms with Crippen molar-refractivity contribution in [1.82, 2.24) is 4.72 Å². The quantitative estimate of drug-likeness (QED) is 0.773. The second-order valence-corrected chi connectivity index (χ2v) is 8.15. The smallest absolute Gasteiger partial charge is 0.242 e. The first-order valence-corrected chi connectivity index (χ1v) is 9.09. The normalized spacial score (nSPS) is 15.1. The van der Waals surface area contributed by atoms with Gasteiger partial charge in [0, 0.05) is 33.9 Å². The number of benzene rings is 1. The molecule has 2 atom stereocenters. The Morgan fingerprint density at radius 3 is 2.63 bits per heavy atom. The first kappa shape index (κ1) is 16.4. The number of hydrogen-bond acceptors (Lipinski definition) is 4. The number of rotatable bonds is 6. The van der Waals surface area contributed by atoms with E-state index in [1.54, 1.807) is 13.2 Å². The largest absolute Gasteiger partial charge is 0.398 e. The molecule has 0 saturated carbocycles. The van der Waals surface area contributed by atoms with Crippen LogP contribution in [0.5, 0.6) is 0 Å². The van der Waals surface area contributed by atoms with Gasteiger partial charge < -0.3 is 5.73 Å². The minimum Gasteiger partial charge on any atom is -0.398 e. The van der Waals surface area contributed by atoms with Crippen molar-refractivity contribution in [3.8, 4) is 0 Å². The van der Waals surface area contributed by atoms with Crippen molar-refractivity contribution < 1.29 is 12.6 Å². The fourth-order valence-corrected chi connectivity index (χ4v) is 3.19. The van der Waals surface area contributed by atoms with Crippen molar-refractivity contribution in [3.63, 3.8) is 0 Å². The predicted octanol–water partition coefficient (Wildman–Crippen LogP) is 1.36. The summed E-state index contributed by atoms with van der Waals surface area (Å²) in [4.78, 5) is 0.00201. The summed E-state index contributed by atoms with van der Waals surface area (Å²) in [5, 5.41) is 0.316. The van der Waals surface area contributed by atoms with Crippen LogP contribution in [0.15, 0.2) is 23.1 Å². The molecule has 19 heavy (non-hydrogen) atoms. The highest BCUT2D eigenvalue weighted by atomic mass is 35.5. The summed E-state index contributed by atoms with van der Waals surface area (Å²) in [7, 11) is -4.63. The molecule has 8 heteroatoms. The molecule has 0 aromatic heterocycles. The fourth-order valence-electron chi connectivity index (χ4n) is 1.40. The fraction of sp³-hybridized carbons (Fsp3) is 0.455. The zero-order valence-corrected chi connectivity index (χ0v) is 13.1. The van der Waals surface area contributed by atoms with E-state index in [-0.39, 0.29) is 22.4 Å². The molecular weight excluding hydrogens is 308 g/mol. The number of nitrogens with two attached hydrogens (primary N) is 1. The lowest BCUT2D eigenvalue weighted by atomic mass is 10.3. The number of sulfonamides is 1. The van der Waals surface area contributed by atoms with E-state index in [1.165, 1.54) is 18.2 Å². The molecule has 0 spiro atoms. The molecule has 2 unspecified atom stereocenters. The molecule has 5 nitrogen and oxygen atoms in total. The predicted molar refractivity (Wildman–Crippen MR) is 79.2 cm³/mol. The summed E-state index contributed by atoms with van der Waals surface area (Å²) < 4.78 is 37.6. The SMILES string of the molecule is CC(CCNS(=O)(=O)c1ccc(Cl)cc1N)S(C)=O. The van der Waals surface area contributed by atoms with Crippen LogP contribution in [0.25, 0.3) is 0 Å². The molecule has 1 rings (SSSR count). The van der Waals surface area contributed by atoms with Crippen LogP contribution in [0.2, 0.25) is 5.02 Å². The molecule has 1 aromatic carbocycles. The monoisotopic (exact) mass is 324 g/mol. The molecule has 0 amide bonds. The van der Waals surface area contributed by atoms with Gasteiger partial charge in [-0.25, -0.2) is 13.1 Å². The van der Waals surface area contributed by atoms with Gasteiger partial charge in [0.2, 0.25) is 10.0 Å². The van der Waals surface area contributed by atoms with Crippen molar-refractivity contribution >= 4 is 38.1 Å². The van der Waals surface area contributed by atoms with E-state index < -0.39 is 20.8 Å². The van der Waals surface area contributed by atoms with E-state index in [0.29, 0.717) is 11.4 Å². The molecular formula is C11H17ClN2O3S2. The zero-order valence-electron chi connectivity index (χ0n) is 10.7. The number of hydrogen-bond donors (Lipinski definition) is 2. The highest BCUT2D eigenvalue weighted by Crippen LogP contribution is 2.22. The van der Waals surface area contributed by atoms with Crippen molar-refractivity contribution in [1.29, 1.82) is 0 Å². The van der Waals surface area contributed by atoms with E-state index in [9.17, 15) is 12.6 Å². The third-order valence-electron chi connectivity index (χ3n) is 2.67. The van der Waals surface area contributed by atoms with E-state index in [0.717, 1.165) is 0 Å². The van der Waals surface area contributed by atoms with Crippen LogP contribution in [-0.2, 0) is 20.8 Å². The number of nitrogen functional groups attached to an aromatic ring is 1. The van der Waals surface area contributed by atoms with Crippen molar-refractivity contribution in [3.05, 3.63) is 23.2 Å². The molecule has 0 fully saturated rings. The van der Waals surface area contributed by atoms with Crippen molar-refractivity contribution in [2.24, 2.45) is 0 Å². The van der Waals surface area contributed by atoms with Gasteiger partial charge in [0.05, 0.1) is 5.69 Å². The molecule has 0 bridgehead atoms. The van der Waals surface area contributed by atoms with E-state index in [1.807, 2.05) is 0 Å². The highest BCUT2D eigenvalue weighted by Gasteiger charge is 2.17. The lowest BCUT2D eigenvalue weighted by molar-refractivity contribution is 0.578. The van der Waals surface area contributed by atoms with Gasteiger partial charge in [0.15, 0.2) is 0 Å². The Morgan fingerprint density at radius 1 is 1.47 bits per heavy atom. The second-order valence-electron chi connectivity index (χ2n) is 4.18. The second kappa shape index (κ2) is 6.69. The number of nitrogens with one attached hydrogen (secondary N) is 1. The maximum atomic E-state index is 12.0. The maximum Gasteiger partial charge on any atom is 0.242 e. The molecule has 1 aromatic rings. The van der Waals surface area contributed by atoms with Crippen LogP contribution in [0.4, 0.5) is 5.69 Å². The summed E-state index contributed by atoms with van der Waals surface area (Å²) in [6.45, 7) is 2.02. The zero-order chi connectivity index (χ0) is 14.6. The average molecular weight is 325 g/mol. The van der Waals surface area contributed by atoms with Crippen LogP contribution in [0, 0.1) is 0 Å². The van der Waals surface area contributed by atoms with Gasteiger partial charge >= 0.3 is 0 Å². The Labute approximate surface area is 121 Å². The van der Waals surface area contributed by atoms with E-state index in [4.69, 9.17) is 17.3 Å². The summed E-state index contributed by atoms with van der Waals surface area (Å²) >= 11 is 5.72. The van der Waals surface area contributed by atoms with Gasteiger partial charge in [-0.2, -0.15) is 0 Å². The summed E-state index contributed by atoms with van der Waals surface area (Å²) in [6.07, 6.45) is 2.09. The van der Waals surface area contributed by atoms with Crippen LogP contribution in [0.3, 0.4) is 0 Å². The average Bonchev–Trinajstić information content (AvgIpc) is 2.27. The molecule has 108 valence electrons. The molecule has 0 aliphatic heterocycles. The lowest BCUT2D eigenvalue weighted by Gasteiger charge is -2.11. The first-order valence-electron chi connectivity index (χ1n) is 5.61. The Hall–Kier alpha value is -0.630. The molecule has 3 N–H and O–H groups in total. The van der Waals surface area contributed by atoms with E-state index >= 15 is 0 Å². The van der Waals surface area contributed by atoms with Crippen molar-refractivity contribution in [2.45, 2.75) is 23.5 Å². The van der Waals surface area contributed by atoms with Crippen molar-refractivity contribution in [2.75, 3.05) is 18.5 Å². The van der Waals surface area contributed by atoms with Crippen LogP contribution in [-0.4, -0.2) is 30.7 Å². The number of anilines is 1. The molecule has 0 saturated heterocycles. The minimum absolute atomic E-state index is 0.00201. The van der Waals surface area contributed by atoms with Crippen LogP contribution < -0.4 is 10.5 Å². The van der Waals surface area contributed by atoms with Gasteiger partial charge in [-0.05, 0) is 24.6 Å². The summed E-state index contributed by atoms with van der Waals surface area (Å²) in [5.74, 6) is 0. The summed E-state index contributed by atoms with van der Waals surface area (Å²) in [5.41, 5.74) is 5.74. The summed E-state index contributed by atoms with van der Waals surface area (Å²) in [6, 6.07) is 4.22. The minimum atomic E-state index is -3.66. The highest BCUT2D eigenvalue weighted by molar-refractivity contribution is 7.89. The van der Waals surface area contributed by atoms with Gasteiger partial charge in [-0.1, -0.05) is 18.5 Å².